The van der Waals surface area contributed by atoms with Crippen molar-refractivity contribution in [1.82, 2.24) is 0 Å². The standard InChI is InChI=1S/C7H12O/c1-4-6(2)5-7(3)8/h4H,5H2,1-3H3/b6-4+. The fourth-order valence-corrected chi connectivity index (χ4v) is 0.495. The molecular weight excluding hydrogens is 100 g/mol. The predicted octanol–water partition coefficient (Wildman–Crippen LogP) is 1.93. The molecule has 0 heterocycles. The van der Waals surface area contributed by atoms with E-state index in [9.17, 15) is 4.79 Å². The Balaban J connectivity index is 3.56. The third kappa shape index (κ3) is 3.59. The topological polar surface area (TPSA) is 17.1 Å². The quantitative estimate of drug-likeness (QED) is 0.499. The van der Waals surface area contributed by atoms with Crippen LogP contribution in [0.5, 0.6) is 0 Å². The zero-order chi connectivity index (χ0) is 6.57. The van der Waals surface area contributed by atoms with E-state index in [1.807, 2.05) is 19.9 Å². The van der Waals surface area contributed by atoms with Crippen molar-refractivity contribution in [2.45, 2.75) is 27.2 Å². The van der Waals surface area contributed by atoms with Gasteiger partial charge in [0.25, 0.3) is 0 Å². The molecule has 0 fully saturated rings. The maximum atomic E-state index is 10.4. The molecule has 1 nitrogen and oxygen atoms in total. The van der Waals surface area contributed by atoms with E-state index in [1.165, 1.54) is 0 Å². The zero-order valence-corrected chi connectivity index (χ0v) is 5.69. The Morgan fingerprint density at radius 3 is 2.12 bits per heavy atom. The number of hydrogen-bond donors (Lipinski definition) is 0. The van der Waals surface area contributed by atoms with Crippen LogP contribution in [-0.4, -0.2) is 5.78 Å². The summed E-state index contributed by atoms with van der Waals surface area (Å²) in [6.45, 7) is 5.51. The first kappa shape index (κ1) is 7.41. The van der Waals surface area contributed by atoms with Crippen molar-refractivity contribution in [3.8, 4) is 0 Å². The molecule has 0 unspecified atom stereocenters. The van der Waals surface area contributed by atoms with Crippen molar-refractivity contribution < 1.29 is 4.79 Å². The van der Waals surface area contributed by atoms with E-state index in [4.69, 9.17) is 0 Å². The van der Waals surface area contributed by atoms with Crippen molar-refractivity contribution in [2.75, 3.05) is 0 Å². The van der Waals surface area contributed by atoms with Crippen molar-refractivity contribution in [3.63, 3.8) is 0 Å². The molecule has 0 rings (SSSR count). The number of Topliss-reactive ketones (excluding diaryl/α,β-unsaturated/α-hetero) is 1. The summed E-state index contributed by atoms with van der Waals surface area (Å²) in [6.07, 6.45) is 2.57. The van der Waals surface area contributed by atoms with E-state index in [0.29, 0.717) is 6.42 Å². The molecule has 0 aromatic carbocycles. The van der Waals surface area contributed by atoms with E-state index in [-0.39, 0.29) is 5.78 Å². The van der Waals surface area contributed by atoms with Crippen LogP contribution in [0.1, 0.15) is 27.2 Å². The summed E-state index contributed by atoms with van der Waals surface area (Å²) in [5.74, 6) is 0.237. The van der Waals surface area contributed by atoms with Crippen molar-refractivity contribution in [2.24, 2.45) is 0 Å². The van der Waals surface area contributed by atoms with Crippen LogP contribution in [0, 0.1) is 0 Å². The second kappa shape index (κ2) is 3.42. The lowest BCUT2D eigenvalue weighted by molar-refractivity contribution is -0.116. The Kier molecular flexibility index (Phi) is 3.16. The number of rotatable bonds is 2. The number of ketones is 1. The van der Waals surface area contributed by atoms with Crippen LogP contribution in [0.4, 0.5) is 0 Å². The van der Waals surface area contributed by atoms with Crippen LogP contribution in [0.2, 0.25) is 0 Å². The summed E-state index contributed by atoms with van der Waals surface area (Å²) >= 11 is 0. The molecule has 0 aliphatic carbocycles. The Bertz CT molecular complexity index is 112. The first-order valence-corrected chi connectivity index (χ1v) is 2.78. The fraction of sp³-hybridized carbons (Fsp3) is 0.571. The molecule has 0 N–H and O–H groups in total. The molecule has 0 aliphatic heterocycles. The second-order valence-corrected chi connectivity index (χ2v) is 2.01. The van der Waals surface area contributed by atoms with Gasteiger partial charge in [-0.25, -0.2) is 0 Å². The van der Waals surface area contributed by atoms with Crippen molar-refractivity contribution >= 4 is 5.78 Å². The molecule has 8 heavy (non-hydrogen) atoms. The molecule has 0 aromatic heterocycles. The normalized spacial score (nSPS) is 11.6. The minimum Gasteiger partial charge on any atom is -0.300 e. The summed E-state index contributed by atoms with van der Waals surface area (Å²) in [6, 6.07) is 0. The highest BCUT2D eigenvalue weighted by Gasteiger charge is 1.91. The number of carbonyl (C=O) groups is 1. The van der Waals surface area contributed by atoms with E-state index in [2.05, 4.69) is 0 Å². The molecule has 0 saturated heterocycles. The van der Waals surface area contributed by atoms with Crippen LogP contribution in [-0.2, 0) is 4.79 Å². The lowest BCUT2D eigenvalue weighted by Gasteiger charge is -1.90. The minimum atomic E-state index is 0.237. The largest absolute Gasteiger partial charge is 0.300 e. The molecule has 0 amide bonds. The molecule has 0 saturated carbocycles. The van der Waals surface area contributed by atoms with Gasteiger partial charge < -0.3 is 0 Å². The minimum absolute atomic E-state index is 0.237. The third-order valence-corrected chi connectivity index (χ3v) is 1.02. The Labute approximate surface area is 50.4 Å². The maximum absolute atomic E-state index is 10.4. The first-order valence-electron chi connectivity index (χ1n) is 2.78. The lowest BCUT2D eigenvalue weighted by atomic mass is 10.2. The molecule has 0 radical (unpaired) electrons. The summed E-state index contributed by atoms with van der Waals surface area (Å²) in [5.41, 5.74) is 1.15. The Morgan fingerprint density at radius 1 is 1.50 bits per heavy atom. The van der Waals surface area contributed by atoms with E-state index < -0.39 is 0 Å². The number of allylic oxidation sites excluding steroid dienone is 2. The number of carbonyl (C=O) groups excluding carboxylic acids is 1. The van der Waals surface area contributed by atoms with Crippen molar-refractivity contribution in [3.05, 3.63) is 11.6 Å². The Morgan fingerprint density at radius 2 is 2.00 bits per heavy atom. The highest BCUT2D eigenvalue weighted by atomic mass is 16.1. The van der Waals surface area contributed by atoms with Gasteiger partial charge in [-0.05, 0) is 20.8 Å². The highest BCUT2D eigenvalue weighted by Crippen LogP contribution is 1.97. The van der Waals surface area contributed by atoms with Crippen LogP contribution in [0.15, 0.2) is 11.6 Å². The molecule has 0 spiro atoms. The van der Waals surface area contributed by atoms with Gasteiger partial charge in [0.1, 0.15) is 5.78 Å². The summed E-state index contributed by atoms with van der Waals surface area (Å²) < 4.78 is 0. The van der Waals surface area contributed by atoms with Crippen LogP contribution >= 0.6 is 0 Å². The summed E-state index contributed by atoms with van der Waals surface area (Å²) in [4.78, 5) is 10.4. The second-order valence-electron chi connectivity index (χ2n) is 2.01. The lowest BCUT2D eigenvalue weighted by Crippen LogP contribution is -1.88. The average Bonchev–Trinajstić information content (AvgIpc) is 1.65. The monoisotopic (exact) mass is 112 g/mol. The van der Waals surface area contributed by atoms with Gasteiger partial charge in [-0.15, -0.1) is 0 Å². The van der Waals surface area contributed by atoms with Gasteiger partial charge in [-0.3, -0.25) is 4.79 Å². The van der Waals surface area contributed by atoms with Gasteiger partial charge in [0.05, 0.1) is 0 Å². The van der Waals surface area contributed by atoms with Gasteiger partial charge in [-0.1, -0.05) is 11.6 Å². The summed E-state index contributed by atoms with van der Waals surface area (Å²) in [7, 11) is 0. The smallest absolute Gasteiger partial charge is 0.133 e. The number of hydrogen-bond acceptors (Lipinski definition) is 1. The average molecular weight is 112 g/mol. The molecule has 0 atom stereocenters. The molecular formula is C7H12O. The van der Waals surface area contributed by atoms with Gasteiger partial charge >= 0.3 is 0 Å². The molecule has 0 aliphatic rings. The highest BCUT2D eigenvalue weighted by molar-refractivity contribution is 5.77. The van der Waals surface area contributed by atoms with E-state index in [0.717, 1.165) is 5.57 Å². The van der Waals surface area contributed by atoms with E-state index >= 15 is 0 Å². The SMILES string of the molecule is C/C=C(\C)CC(C)=O. The molecule has 1 heteroatoms. The fourth-order valence-electron chi connectivity index (χ4n) is 0.495. The van der Waals surface area contributed by atoms with Crippen LogP contribution in [0.25, 0.3) is 0 Å². The zero-order valence-electron chi connectivity index (χ0n) is 5.69. The maximum Gasteiger partial charge on any atom is 0.133 e. The van der Waals surface area contributed by atoms with Crippen LogP contribution < -0.4 is 0 Å². The molecule has 0 bridgehead atoms. The van der Waals surface area contributed by atoms with Gasteiger partial charge in [-0.2, -0.15) is 0 Å². The molecule has 46 valence electrons. The predicted molar refractivity (Wildman–Crippen MR) is 34.7 cm³/mol. The summed E-state index contributed by atoms with van der Waals surface area (Å²) in [5, 5.41) is 0. The van der Waals surface area contributed by atoms with Crippen LogP contribution in [0.3, 0.4) is 0 Å². The van der Waals surface area contributed by atoms with E-state index in [1.54, 1.807) is 6.92 Å². The van der Waals surface area contributed by atoms with Crippen molar-refractivity contribution in [1.29, 1.82) is 0 Å². The van der Waals surface area contributed by atoms with Gasteiger partial charge in [0, 0.05) is 6.42 Å². The van der Waals surface area contributed by atoms with Gasteiger partial charge in [0.2, 0.25) is 0 Å². The first-order chi connectivity index (χ1) is 3.66. The Hall–Kier alpha value is -0.590. The third-order valence-electron chi connectivity index (χ3n) is 1.02. The van der Waals surface area contributed by atoms with Gasteiger partial charge in [0.15, 0.2) is 0 Å². The molecule has 0 aromatic rings.